The number of anilines is 1. The van der Waals surface area contributed by atoms with Gasteiger partial charge in [-0.3, -0.25) is 20.2 Å². The first-order valence-corrected chi connectivity index (χ1v) is 5.54. The molecule has 2 aromatic rings. The lowest BCUT2D eigenvalue weighted by atomic mass is 10.1. The van der Waals surface area contributed by atoms with Crippen LogP contribution in [0.5, 0.6) is 6.01 Å². The molecule has 0 aliphatic carbocycles. The third kappa shape index (κ3) is 2.55. The van der Waals surface area contributed by atoms with Gasteiger partial charge in [-0.15, -0.1) is 5.10 Å². The van der Waals surface area contributed by atoms with Gasteiger partial charge in [0.2, 0.25) is 5.95 Å². The molecule has 2 N–H and O–H groups in total. The number of aromatic nitrogens is 3. The fourth-order valence-corrected chi connectivity index (χ4v) is 1.64. The summed E-state index contributed by atoms with van der Waals surface area (Å²) in [6, 6.07) is 4.35. The van der Waals surface area contributed by atoms with Crippen LogP contribution in [0.2, 0.25) is 0 Å². The molecule has 20 heavy (non-hydrogen) atoms. The fourth-order valence-electron chi connectivity index (χ4n) is 1.64. The molecular formula is C11H11N5O4. The minimum absolute atomic E-state index is 0.0797. The lowest BCUT2D eigenvalue weighted by molar-refractivity contribution is -0.385. The minimum atomic E-state index is -0.538. The molecule has 0 bridgehead atoms. The Morgan fingerprint density at radius 1 is 1.50 bits per heavy atom. The van der Waals surface area contributed by atoms with Crippen molar-refractivity contribution in [1.29, 1.82) is 0 Å². The zero-order chi connectivity index (χ0) is 14.7. The van der Waals surface area contributed by atoms with Gasteiger partial charge in [0.15, 0.2) is 0 Å². The first-order valence-electron chi connectivity index (χ1n) is 5.54. The number of carbonyl (C=O) groups is 1. The average Bonchev–Trinajstić information content (AvgIpc) is 2.86. The predicted molar refractivity (Wildman–Crippen MR) is 68.7 cm³/mol. The Morgan fingerprint density at radius 3 is 2.85 bits per heavy atom. The molecule has 9 nitrogen and oxygen atoms in total. The van der Waals surface area contributed by atoms with Gasteiger partial charge in [0.1, 0.15) is 0 Å². The Kier molecular flexibility index (Phi) is 3.60. The van der Waals surface area contributed by atoms with Gasteiger partial charge in [0.05, 0.1) is 12.0 Å². The zero-order valence-electron chi connectivity index (χ0n) is 10.7. The summed E-state index contributed by atoms with van der Waals surface area (Å²) in [5.41, 5.74) is 0.351. The molecule has 0 unspecified atom stereocenters. The van der Waals surface area contributed by atoms with E-state index >= 15 is 0 Å². The zero-order valence-corrected chi connectivity index (χ0v) is 10.7. The summed E-state index contributed by atoms with van der Waals surface area (Å²) in [5.74, 6) is -0.428. The molecule has 0 saturated heterocycles. The molecule has 9 heteroatoms. The number of carbonyl (C=O) groups excluding carboxylic acids is 1. The molecule has 1 heterocycles. The van der Waals surface area contributed by atoms with Crippen LogP contribution in [0.25, 0.3) is 0 Å². The van der Waals surface area contributed by atoms with Crippen molar-refractivity contribution in [3.05, 3.63) is 39.4 Å². The number of amides is 1. The number of hydrogen-bond donors (Lipinski definition) is 2. The van der Waals surface area contributed by atoms with Gasteiger partial charge in [-0.2, -0.15) is 4.98 Å². The van der Waals surface area contributed by atoms with Crippen molar-refractivity contribution in [3.63, 3.8) is 0 Å². The molecule has 1 aromatic heterocycles. The molecule has 0 aliphatic heterocycles. The highest BCUT2D eigenvalue weighted by molar-refractivity contribution is 6.05. The highest BCUT2D eigenvalue weighted by Crippen LogP contribution is 2.21. The van der Waals surface area contributed by atoms with E-state index in [0.29, 0.717) is 0 Å². The summed E-state index contributed by atoms with van der Waals surface area (Å²) in [6.45, 7) is 1.51. The molecule has 0 saturated carbocycles. The van der Waals surface area contributed by atoms with E-state index < -0.39 is 10.8 Å². The molecule has 0 fully saturated rings. The molecule has 0 radical (unpaired) electrons. The van der Waals surface area contributed by atoms with Crippen LogP contribution in [0.4, 0.5) is 11.6 Å². The second-order valence-electron chi connectivity index (χ2n) is 3.83. The summed E-state index contributed by atoms with van der Waals surface area (Å²) in [7, 11) is 1.39. The van der Waals surface area contributed by atoms with Gasteiger partial charge in [-0.05, 0) is 13.0 Å². The van der Waals surface area contributed by atoms with Crippen molar-refractivity contribution in [1.82, 2.24) is 15.2 Å². The number of methoxy groups -OCH3 is 1. The quantitative estimate of drug-likeness (QED) is 0.641. The first-order chi connectivity index (χ1) is 9.52. The summed E-state index contributed by atoms with van der Waals surface area (Å²) < 4.78 is 4.76. The Hall–Kier alpha value is -2.97. The van der Waals surface area contributed by atoms with Crippen LogP contribution in [-0.2, 0) is 0 Å². The van der Waals surface area contributed by atoms with E-state index in [1.165, 1.54) is 32.2 Å². The molecule has 0 aliphatic rings. The van der Waals surface area contributed by atoms with Crippen LogP contribution in [-0.4, -0.2) is 33.1 Å². The van der Waals surface area contributed by atoms with E-state index in [4.69, 9.17) is 4.74 Å². The second-order valence-corrected chi connectivity index (χ2v) is 3.83. The SMILES string of the molecule is COc1n[nH]c(NC(=O)c2cccc([N+](=O)[O-])c2C)n1. The Bertz CT molecular complexity index is 667. The lowest BCUT2D eigenvalue weighted by Crippen LogP contribution is -2.15. The molecule has 2 rings (SSSR count). The lowest BCUT2D eigenvalue weighted by Gasteiger charge is -2.05. The third-order valence-corrected chi connectivity index (χ3v) is 2.63. The van der Waals surface area contributed by atoms with Crippen LogP contribution in [0.3, 0.4) is 0 Å². The summed E-state index contributed by atoms with van der Waals surface area (Å²) in [5, 5.41) is 19.4. The fraction of sp³-hybridized carbons (Fsp3) is 0.182. The number of nitro benzene ring substituents is 1. The number of ether oxygens (including phenoxy) is 1. The summed E-state index contributed by atoms with van der Waals surface area (Å²) >= 11 is 0. The normalized spacial score (nSPS) is 10.1. The van der Waals surface area contributed by atoms with Crippen molar-refractivity contribution in [2.75, 3.05) is 12.4 Å². The molecular weight excluding hydrogens is 266 g/mol. The number of rotatable bonds is 4. The van der Waals surface area contributed by atoms with Crippen LogP contribution in [0.1, 0.15) is 15.9 Å². The number of nitrogens with zero attached hydrogens (tertiary/aromatic N) is 3. The van der Waals surface area contributed by atoms with E-state index in [1.807, 2.05) is 0 Å². The molecule has 1 amide bonds. The molecule has 1 aromatic carbocycles. The third-order valence-electron chi connectivity index (χ3n) is 2.63. The Labute approximate surface area is 113 Å². The maximum Gasteiger partial charge on any atom is 0.336 e. The number of nitro groups is 1. The maximum atomic E-state index is 12.0. The van der Waals surface area contributed by atoms with E-state index in [-0.39, 0.29) is 28.8 Å². The van der Waals surface area contributed by atoms with E-state index in [2.05, 4.69) is 20.5 Å². The number of benzene rings is 1. The predicted octanol–water partition coefficient (Wildman–Crippen LogP) is 1.28. The topological polar surface area (TPSA) is 123 Å². The van der Waals surface area contributed by atoms with Gasteiger partial charge in [-0.25, -0.2) is 5.10 Å². The van der Waals surface area contributed by atoms with Gasteiger partial charge >= 0.3 is 6.01 Å². The van der Waals surface area contributed by atoms with Gasteiger partial charge in [-0.1, -0.05) is 6.07 Å². The largest absolute Gasteiger partial charge is 0.466 e. The maximum absolute atomic E-state index is 12.0. The standard InChI is InChI=1S/C11H11N5O4/c1-6-7(4-3-5-8(6)16(18)19)9(17)12-10-13-11(20-2)15-14-10/h3-5H,1-2H3,(H2,12,13,14,15,17). The summed E-state index contributed by atoms with van der Waals surface area (Å²) in [6.07, 6.45) is 0. The molecule has 104 valence electrons. The van der Waals surface area contributed by atoms with Crippen LogP contribution in [0.15, 0.2) is 18.2 Å². The number of aromatic amines is 1. The second kappa shape index (κ2) is 5.34. The van der Waals surface area contributed by atoms with E-state index in [1.54, 1.807) is 0 Å². The highest BCUT2D eigenvalue weighted by atomic mass is 16.6. The Morgan fingerprint density at radius 2 is 2.25 bits per heavy atom. The number of hydrogen-bond acceptors (Lipinski definition) is 6. The van der Waals surface area contributed by atoms with Crippen molar-refractivity contribution in [2.24, 2.45) is 0 Å². The van der Waals surface area contributed by atoms with Crippen LogP contribution < -0.4 is 10.1 Å². The van der Waals surface area contributed by atoms with E-state index in [9.17, 15) is 14.9 Å². The van der Waals surface area contributed by atoms with Crippen LogP contribution in [0, 0.1) is 17.0 Å². The molecule has 0 atom stereocenters. The van der Waals surface area contributed by atoms with Crippen molar-refractivity contribution in [3.8, 4) is 6.01 Å². The minimum Gasteiger partial charge on any atom is -0.466 e. The average molecular weight is 277 g/mol. The smallest absolute Gasteiger partial charge is 0.336 e. The van der Waals surface area contributed by atoms with E-state index in [0.717, 1.165) is 0 Å². The van der Waals surface area contributed by atoms with Gasteiger partial charge < -0.3 is 4.74 Å². The van der Waals surface area contributed by atoms with Gasteiger partial charge in [0, 0.05) is 17.2 Å². The van der Waals surface area contributed by atoms with Crippen molar-refractivity contribution in [2.45, 2.75) is 6.92 Å². The monoisotopic (exact) mass is 277 g/mol. The Balaban J connectivity index is 2.25. The summed E-state index contributed by atoms with van der Waals surface area (Å²) in [4.78, 5) is 26.2. The van der Waals surface area contributed by atoms with Crippen molar-refractivity contribution < 1.29 is 14.5 Å². The highest BCUT2D eigenvalue weighted by Gasteiger charge is 2.18. The first kappa shape index (κ1) is 13.5. The van der Waals surface area contributed by atoms with Crippen molar-refractivity contribution >= 4 is 17.5 Å². The van der Waals surface area contributed by atoms with Crippen LogP contribution >= 0.6 is 0 Å². The number of H-pyrrole nitrogens is 1. The number of nitrogens with one attached hydrogen (secondary N) is 2. The molecule has 0 spiro atoms. The van der Waals surface area contributed by atoms with Gasteiger partial charge in [0.25, 0.3) is 11.6 Å².